The van der Waals surface area contributed by atoms with Gasteiger partial charge in [0.1, 0.15) is 11.6 Å². The molecule has 3 N–H and O–H groups in total. The molecule has 2 heterocycles. The van der Waals surface area contributed by atoms with Gasteiger partial charge in [-0.25, -0.2) is 17.8 Å². The van der Waals surface area contributed by atoms with E-state index in [1.54, 1.807) is 55.7 Å². The molecule has 0 bridgehead atoms. The monoisotopic (exact) mass is 611 g/mol. The first kappa shape index (κ1) is 29.6. The first-order chi connectivity index (χ1) is 21.3. The Morgan fingerprint density at radius 2 is 1.57 bits per heavy atom. The molecule has 0 aliphatic heterocycles. The second-order valence-electron chi connectivity index (χ2n) is 11.0. The second kappa shape index (κ2) is 13.0. The van der Waals surface area contributed by atoms with Crippen LogP contribution in [0.1, 0.15) is 31.2 Å². The lowest BCUT2D eigenvalue weighted by Crippen LogP contribution is -2.43. The summed E-state index contributed by atoms with van der Waals surface area (Å²) in [5.41, 5.74) is 2.51. The van der Waals surface area contributed by atoms with Crippen LogP contribution in [0.5, 0.6) is 0 Å². The van der Waals surface area contributed by atoms with Gasteiger partial charge in [-0.1, -0.05) is 24.3 Å². The minimum absolute atomic E-state index is 0.0557. The lowest BCUT2D eigenvalue weighted by Gasteiger charge is -2.34. The van der Waals surface area contributed by atoms with E-state index in [-0.39, 0.29) is 16.8 Å². The largest absolute Gasteiger partial charge is 0.340 e. The fourth-order valence-corrected chi connectivity index (χ4v) is 7.01. The molecule has 5 aromatic rings. The number of fused-ring (bicyclic) bond motifs is 1. The third-order valence-corrected chi connectivity index (χ3v) is 10.0. The SMILES string of the molecule is CN(C1CCC(NCc2cncc3ccccc23)CC1)S(=O)(=O)c1ccc(Nc2nccc(Nc3ccc(F)cc3)n2)cc1. The number of aromatic nitrogens is 3. The van der Waals surface area contributed by atoms with Crippen molar-refractivity contribution in [3.8, 4) is 0 Å². The number of sulfonamides is 1. The molecule has 3 aromatic carbocycles. The molecular weight excluding hydrogens is 577 g/mol. The Labute approximate surface area is 256 Å². The lowest BCUT2D eigenvalue weighted by atomic mass is 9.91. The highest BCUT2D eigenvalue weighted by Gasteiger charge is 2.31. The smallest absolute Gasteiger partial charge is 0.243 e. The van der Waals surface area contributed by atoms with E-state index in [1.165, 1.54) is 27.4 Å². The molecule has 0 atom stereocenters. The highest BCUT2D eigenvalue weighted by Crippen LogP contribution is 2.28. The Balaban J connectivity index is 1.03. The van der Waals surface area contributed by atoms with Crippen LogP contribution in [0, 0.1) is 5.82 Å². The zero-order valence-corrected chi connectivity index (χ0v) is 25.1. The van der Waals surface area contributed by atoms with E-state index < -0.39 is 10.0 Å². The minimum Gasteiger partial charge on any atom is -0.340 e. The normalized spacial score (nSPS) is 17.1. The molecule has 44 heavy (non-hydrogen) atoms. The summed E-state index contributed by atoms with van der Waals surface area (Å²) in [5.74, 6) is 0.556. The number of hydrogen-bond acceptors (Lipinski definition) is 8. The molecule has 0 amide bonds. The summed E-state index contributed by atoms with van der Waals surface area (Å²) < 4.78 is 41.7. The maximum Gasteiger partial charge on any atom is 0.243 e. The molecule has 0 saturated heterocycles. The third-order valence-electron chi connectivity index (χ3n) is 8.10. The zero-order valence-electron chi connectivity index (χ0n) is 24.3. The van der Waals surface area contributed by atoms with Crippen molar-refractivity contribution in [3.05, 3.63) is 109 Å². The van der Waals surface area contributed by atoms with Crippen molar-refractivity contribution < 1.29 is 12.8 Å². The van der Waals surface area contributed by atoms with Gasteiger partial charge in [-0.05, 0) is 91.2 Å². The maximum atomic E-state index is 13.5. The van der Waals surface area contributed by atoms with Gasteiger partial charge in [0.2, 0.25) is 16.0 Å². The summed E-state index contributed by atoms with van der Waals surface area (Å²) in [6.07, 6.45) is 8.79. The van der Waals surface area contributed by atoms with E-state index in [1.807, 2.05) is 24.5 Å². The van der Waals surface area contributed by atoms with Gasteiger partial charge >= 0.3 is 0 Å². The van der Waals surface area contributed by atoms with E-state index in [2.05, 4.69) is 43.0 Å². The van der Waals surface area contributed by atoms with Crippen molar-refractivity contribution in [1.29, 1.82) is 0 Å². The number of benzene rings is 3. The van der Waals surface area contributed by atoms with Crippen LogP contribution in [-0.2, 0) is 16.6 Å². The number of anilines is 4. The number of nitrogens with one attached hydrogen (secondary N) is 3. The highest BCUT2D eigenvalue weighted by molar-refractivity contribution is 7.89. The van der Waals surface area contributed by atoms with Gasteiger partial charge in [-0.2, -0.15) is 9.29 Å². The fourth-order valence-electron chi connectivity index (χ4n) is 5.59. The summed E-state index contributed by atoms with van der Waals surface area (Å²) >= 11 is 0. The maximum absolute atomic E-state index is 13.5. The Kier molecular flexibility index (Phi) is 8.78. The fraction of sp³-hybridized carbons (Fsp3) is 0.242. The number of halogens is 1. The second-order valence-corrected chi connectivity index (χ2v) is 13.0. The molecule has 0 radical (unpaired) electrons. The van der Waals surface area contributed by atoms with Crippen LogP contribution >= 0.6 is 0 Å². The molecule has 0 spiro atoms. The van der Waals surface area contributed by atoms with Crippen LogP contribution < -0.4 is 16.0 Å². The molecule has 2 aromatic heterocycles. The molecule has 6 rings (SSSR count). The van der Waals surface area contributed by atoms with Crippen molar-refractivity contribution in [1.82, 2.24) is 24.6 Å². The number of hydrogen-bond donors (Lipinski definition) is 3. The average molecular weight is 612 g/mol. The first-order valence-corrected chi connectivity index (χ1v) is 16.0. The van der Waals surface area contributed by atoms with Crippen LogP contribution in [0.3, 0.4) is 0 Å². The van der Waals surface area contributed by atoms with Gasteiger partial charge in [0, 0.05) is 61.0 Å². The first-order valence-electron chi connectivity index (χ1n) is 14.6. The molecular formula is C33H34FN7O2S. The van der Waals surface area contributed by atoms with Crippen LogP contribution in [0.4, 0.5) is 27.5 Å². The van der Waals surface area contributed by atoms with Crippen molar-refractivity contribution in [2.45, 2.75) is 49.2 Å². The number of nitrogens with zero attached hydrogens (tertiary/aromatic N) is 4. The van der Waals surface area contributed by atoms with E-state index in [0.717, 1.165) is 37.6 Å². The zero-order chi connectivity index (χ0) is 30.5. The highest BCUT2D eigenvalue weighted by atomic mass is 32.2. The van der Waals surface area contributed by atoms with Crippen molar-refractivity contribution in [2.75, 3.05) is 17.7 Å². The van der Waals surface area contributed by atoms with Crippen molar-refractivity contribution in [2.24, 2.45) is 0 Å². The predicted molar refractivity (Wildman–Crippen MR) is 171 cm³/mol. The van der Waals surface area contributed by atoms with Gasteiger partial charge in [-0.15, -0.1) is 0 Å². The van der Waals surface area contributed by atoms with Crippen LogP contribution in [-0.4, -0.2) is 46.8 Å². The van der Waals surface area contributed by atoms with E-state index in [4.69, 9.17) is 0 Å². The third kappa shape index (κ3) is 6.85. The van der Waals surface area contributed by atoms with E-state index in [0.29, 0.717) is 29.2 Å². The summed E-state index contributed by atoms with van der Waals surface area (Å²) in [6.45, 7) is 0.734. The van der Waals surface area contributed by atoms with Crippen LogP contribution in [0.25, 0.3) is 10.8 Å². The van der Waals surface area contributed by atoms with Gasteiger partial charge in [0.15, 0.2) is 0 Å². The molecule has 226 valence electrons. The minimum atomic E-state index is -3.66. The summed E-state index contributed by atoms with van der Waals surface area (Å²) in [6, 6.07) is 22.8. The van der Waals surface area contributed by atoms with Gasteiger partial charge in [-0.3, -0.25) is 4.98 Å². The molecule has 1 fully saturated rings. The lowest BCUT2D eigenvalue weighted by molar-refractivity contribution is 0.249. The number of rotatable bonds is 10. The molecule has 1 aliphatic carbocycles. The Bertz CT molecular complexity index is 1820. The van der Waals surface area contributed by atoms with Gasteiger partial charge < -0.3 is 16.0 Å². The predicted octanol–water partition coefficient (Wildman–Crippen LogP) is 6.37. The van der Waals surface area contributed by atoms with Crippen LogP contribution in [0.2, 0.25) is 0 Å². The van der Waals surface area contributed by atoms with Crippen LogP contribution in [0.15, 0.2) is 102 Å². The van der Waals surface area contributed by atoms with Gasteiger partial charge in [0.05, 0.1) is 4.90 Å². The summed E-state index contributed by atoms with van der Waals surface area (Å²) in [5, 5.41) is 12.2. The molecule has 9 nitrogen and oxygen atoms in total. The number of pyridine rings is 1. The van der Waals surface area contributed by atoms with Crippen molar-refractivity contribution in [3.63, 3.8) is 0 Å². The Morgan fingerprint density at radius 3 is 2.34 bits per heavy atom. The Hall–Kier alpha value is -4.45. The van der Waals surface area contributed by atoms with Gasteiger partial charge in [0.25, 0.3) is 0 Å². The molecule has 1 saturated carbocycles. The standard InChI is InChI=1S/C33H34FN7O2S/c1-41(29-14-10-26(11-15-29)37-22-24-21-35-20-23-4-2-3-5-31(23)24)44(42,43)30-16-12-28(13-17-30)39-33-36-19-18-32(40-33)38-27-8-6-25(34)7-9-27/h2-9,12-13,16-21,26,29,37H,10-11,14-15,22H2,1H3,(H2,36,38,39,40). The topological polar surface area (TPSA) is 112 Å². The quantitative estimate of drug-likeness (QED) is 0.167. The molecule has 0 unspecified atom stereocenters. The van der Waals surface area contributed by atoms with E-state index in [9.17, 15) is 12.8 Å². The van der Waals surface area contributed by atoms with E-state index >= 15 is 0 Å². The molecule has 1 aliphatic rings. The summed E-state index contributed by atoms with van der Waals surface area (Å²) in [4.78, 5) is 13.3. The Morgan fingerprint density at radius 1 is 0.864 bits per heavy atom. The van der Waals surface area contributed by atoms with Crippen molar-refractivity contribution >= 4 is 43.9 Å². The average Bonchev–Trinajstić information content (AvgIpc) is 3.05. The summed E-state index contributed by atoms with van der Waals surface area (Å²) in [7, 11) is -1.99. The molecule has 11 heteroatoms.